The van der Waals surface area contributed by atoms with Gasteiger partial charge in [-0.3, -0.25) is 4.79 Å². The second kappa shape index (κ2) is 7.41. The number of furan rings is 1. The highest BCUT2D eigenvalue weighted by molar-refractivity contribution is 6.00. The van der Waals surface area contributed by atoms with Gasteiger partial charge in [0.1, 0.15) is 16.9 Å². The predicted octanol–water partition coefficient (Wildman–Crippen LogP) is 5.58. The van der Waals surface area contributed by atoms with Crippen LogP contribution < -0.4 is 4.74 Å². The summed E-state index contributed by atoms with van der Waals surface area (Å²) in [6, 6.07) is 12.2. The second-order valence-corrected chi connectivity index (χ2v) is 9.16. The fourth-order valence-electron chi connectivity index (χ4n) is 5.01. The van der Waals surface area contributed by atoms with Crippen molar-refractivity contribution >= 4 is 16.9 Å². The van der Waals surface area contributed by atoms with Gasteiger partial charge in [0.2, 0.25) is 0 Å². The Labute approximate surface area is 182 Å². The SMILES string of the molecule is CCO[C@@H]1CC(C)(C)Oc2ccc3oc(C(=O)N4CCc5ccccc5C4)c(C)c3c21. The minimum absolute atomic E-state index is 0.0537. The Morgan fingerprint density at radius 2 is 1.97 bits per heavy atom. The molecule has 3 aromatic rings. The average Bonchev–Trinajstić information content (AvgIpc) is 3.08. The highest BCUT2D eigenvalue weighted by Gasteiger charge is 2.37. The van der Waals surface area contributed by atoms with Gasteiger partial charge in [0, 0.05) is 42.6 Å². The molecule has 5 rings (SSSR count). The van der Waals surface area contributed by atoms with Gasteiger partial charge < -0.3 is 18.8 Å². The third kappa shape index (κ3) is 3.41. The molecule has 0 unspecified atom stereocenters. The summed E-state index contributed by atoms with van der Waals surface area (Å²) in [5, 5.41) is 0.951. The molecule has 3 heterocycles. The van der Waals surface area contributed by atoms with E-state index < -0.39 is 0 Å². The van der Waals surface area contributed by atoms with Gasteiger partial charge in [0.05, 0.1) is 6.10 Å². The third-order valence-electron chi connectivity index (χ3n) is 6.46. The number of carbonyl (C=O) groups is 1. The van der Waals surface area contributed by atoms with E-state index in [1.54, 1.807) is 0 Å². The number of nitrogens with zero attached hydrogens (tertiary/aromatic N) is 1. The summed E-state index contributed by atoms with van der Waals surface area (Å²) in [7, 11) is 0. The smallest absolute Gasteiger partial charge is 0.290 e. The van der Waals surface area contributed by atoms with Crippen LogP contribution in [0.5, 0.6) is 5.75 Å². The fraction of sp³-hybridized carbons (Fsp3) is 0.423. The van der Waals surface area contributed by atoms with E-state index in [1.807, 2.05) is 36.9 Å². The Morgan fingerprint density at radius 1 is 1.19 bits per heavy atom. The topological polar surface area (TPSA) is 51.9 Å². The molecule has 5 heteroatoms. The van der Waals surface area contributed by atoms with Crippen molar-refractivity contribution in [2.24, 2.45) is 0 Å². The van der Waals surface area contributed by atoms with Gasteiger partial charge in [-0.25, -0.2) is 0 Å². The Hall–Kier alpha value is -2.79. The molecule has 0 N–H and O–H groups in total. The summed E-state index contributed by atoms with van der Waals surface area (Å²) in [6.45, 7) is 10.1. The lowest BCUT2D eigenvalue weighted by atomic mass is 9.88. The van der Waals surface area contributed by atoms with Crippen molar-refractivity contribution in [1.29, 1.82) is 0 Å². The second-order valence-electron chi connectivity index (χ2n) is 9.16. The molecule has 5 nitrogen and oxygen atoms in total. The third-order valence-corrected chi connectivity index (χ3v) is 6.46. The van der Waals surface area contributed by atoms with Crippen LogP contribution in [0.25, 0.3) is 11.0 Å². The van der Waals surface area contributed by atoms with Gasteiger partial charge in [-0.1, -0.05) is 24.3 Å². The van der Waals surface area contributed by atoms with Crippen LogP contribution in [0.4, 0.5) is 0 Å². The van der Waals surface area contributed by atoms with Crippen molar-refractivity contribution in [2.75, 3.05) is 13.2 Å². The number of ether oxygens (including phenoxy) is 2. The standard InChI is InChI=1S/C26H29NO4/c1-5-29-21-14-26(3,4)31-20-11-10-19-22(23(20)21)16(2)24(30-19)25(28)27-13-12-17-8-6-7-9-18(17)15-27/h6-11,21H,5,12-15H2,1-4H3/t21-/m1/s1. The molecule has 0 bridgehead atoms. The minimum atomic E-state index is -0.308. The van der Waals surface area contributed by atoms with Gasteiger partial charge in [-0.15, -0.1) is 0 Å². The molecule has 2 aliphatic rings. The van der Waals surface area contributed by atoms with Crippen LogP contribution in [0, 0.1) is 6.92 Å². The normalized spacial score (nSPS) is 19.6. The van der Waals surface area contributed by atoms with E-state index in [2.05, 4.69) is 32.0 Å². The molecule has 0 saturated heterocycles. The molecule has 2 aromatic carbocycles. The molecule has 0 radical (unpaired) electrons. The van der Waals surface area contributed by atoms with E-state index >= 15 is 0 Å². The lowest BCUT2D eigenvalue weighted by molar-refractivity contribution is -0.0264. The van der Waals surface area contributed by atoms with Crippen molar-refractivity contribution in [2.45, 2.75) is 58.8 Å². The van der Waals surface area contributed by atoms with Crippen LogP contribution in [-0.4, -0.2) is 29.6 Å². The lowest BCUT2D eigenvalue weighted by Gasteiger charge is -2.37. The first-order valence-electron chi connectivity index (χ1n) is 11.1. The number of carbonyl (C=O) groups excluding carboxylic acids is 1. The predicted molar refractivity (Wildman–Crippen MR) is 120 cm³/mol. The van der Waals surface area contributed by atoms with E-state index in [4.69, 9.17) is 13.9 Å². The van der Waals surface area contributed by atoms with Crippen LogP contribution in [0.2, 0.25) is 0 Å². The monoisotopic (exact) mass is 419 g/mol. The Kier molecular flexibility index (Phi) is 4.82. The molecular weight excluding hydrogens is 390 g/mol. The number of benzene rings is 2. The zero-order valence-corrected chi connectivity index (χ0v) is 18.7. The number of amides is 1. The number of fused-ring (bicyclic) bond motifs is 4. The van der Waals surface area contributed by atoms with Crippen molar-refractivity contribution in [3.05, 3.63) is 64.4 Å². The quantitative estimate of drug-likeness (QED) is 0.556. The highest BCUT2D eigenvalue weighted by atomic mass is 16.5. The lowest BCUT2D eigenvalue weighted by Crippen LogP contribution is -2.36. The number of aryl methyl sites for hydroxylation is 1. The molecule has 0 spiro atoms. The summed E-state index contributed by atoms with van der Waals surface area (Å²) in [5.74, 6) is 1.18. The van der Waals surface area contributed by atoms with E-state index in [0.717, 1.165) is 35.1 Å². The summed E-state index contributed by atoms with van der Waals surface area (Å²) < 4.78 is 18.5. The first-order chi connectivity index (χ1) is 14.9. The van der Waals surface area contributed by atoms with Crippen molar-refractivity contribution in [3.63, 3.8) is 0 Å². The van der Waals surface area contributed by atoms with E-state index in [-0.39, 0.29) is 17.6 Å². The van der Waals surface area contributed by atoms with E-state index in [1.165, 1.54) is 11.1 Å². The molecule has 0 aliphatic carbocycles. The first-order valence-corrected chi connectivity index (χ1v) is 11.1. The van der Waals surface area contributed by atoms with Crippen LogP contribution in [0.1, 0.15) is 66.1 Å². The largest absolute Gasteiger partial charge is 0.487 e. The van der Waals surface area contributed by atoms with Crippen molar-refractivity contribution in [3.8, 4) is 5.75 Å². The maximum atomic E-state index is 13.4. The highest BCUT2D eigenvalue weighted by Crippen LogP contribution is 2.47. The van der Waals surface area contributed by atoms with Crippen molar-refractivity contribution in [1.82, 2.24) is 4.90 Å². The summed E-state index contributed by atoms with van der Waals surface area (Å²) in [6.07, 6.45) is 1.53. The average molecular weight is 420 g/mol. The number of rotatable bonds is 3. The maximum absolute atomic E-state index is 13.4. The van der Waals surface area contributed by atoms with Crippen LogP contribution in [-0.2, 0) is 17.7 Å². The molecule has 1 atom stereocenters. The van der Waals surface area contributed by atoms with Gasteiger partial charge in [0.25, 0.3) is 5.91 Å². The van der Waals surface area contributed by atoms with Gasteiger partial charge >= 0.3 is 0 Å². The number of hydrogen-bond donors (Lipinski definition) is 0. The van der Waals surface area contributed by atoms with Crippen molar-refractivity contribution < 1.29 is 18.7 Å². The first kappa shape index (κ1) is 20.1. The Balaban J connectivity index is 1.55. The number of hydrogen-bond acceptors (Lipinski definition) is 4. The van der Waals surface area contributed by atoms with Crippen LogP contribution in [0.15, 0.2) is 40.8 Å². The van der Waals surface area contributed by atoms with Gasteiger partial charge in [-0.05, 0) is 57.4 Å². The van der Waals surface area contributed by atoms with E-state index in [9.17, 15) is 4.79 Å². The maximum Gasteiger partial charge on any atom is 0.290 e. The summed E-state index contributed by atoms with van der Waals surface area (Å²) >= 11 is 0. The van der Waals surface area contributed by atoms with Gasteiger partial charge in [0.15, 0.2) is 5.76 Å². The summed E-state index contributed by atoms with van der Waals surface area (Å²) in [5.41, 5.74) is 4.80. The fourth-order valence-corrected chi connectivity index (χ4v) is 5.01. The molecular formula is C26H29NO4. The van der Waals surface area contributed by atoms with E-state index in [0.29, 0.717) is 31.0 Å². The molecule has 1 amide bonds. The van der Waals surface area contributed by atoms with Gasteiger partial charge in [-0.2, -0.15) is 0 Å². The molecule has 1 aromatic heterocycles. The van der Waals surface area contributed by atoms with Crippen LogP contribution >= 0.6 is 0 Å². The Bertz CT molecular complexity index is 1160. The summed E-state index contributed by atoms with van der Waals surface area (Å²) in [4.78, 5) is 15.3. The molecule has 2 aliphatic heterocycles. The molecule has 31 heavy (non-hydrogen) atoms. The Morgan fingerprint density at radius 3 is 2.74 bits per heavy atom. The zero-order chi connectivity index (χ0) is 21.8. The minimum Gasteiger partial charge on any atom is -0.487 e. The van der Waals surface area contributed by atoms with Crippen LogP contribution in [0.3, 0.4) is 0 Å². The molecule has 0 saturated carbocycles. The molecule has 162 valence electrons. The zero-order valence-electron chi connectivity index (χ0n) is 18.7. The molecule has 0 fully saturated rings.